The molecule has 16 heavy (non-hydrogen) atoms. The van der Waals surface area contributed by atoms with Gasteiger partial charge in [0, 0.05) is 10.3 Å². The van der Waals surface area contributed by atoms with E-state index in [-0.39, 0.29) is 5.41 Å². The zero-order chi connectivity index (χ0) is 11.3. The first kappa shape index (κ1) is 9.91. The van der Waals surface area contributed by atoms with E-state index in [1.54, 1.807) is 7.11 Å². The number of thiophene rings is 1. The summed E-state index contributed by atoms with van der Waals surface area (Å²) in [7, 11) is 1.72. The molecule has 0 atom stereocenters. The van der Waals surface area contributed by atoms with E-state index in [1.165, 1.54) is 21.6 Å². The summed E-state index contributed by atoms with van der Waals surface area (Å²) in [6, 6.07) is 8.64. The Morgan fingerprint density at radius 2 is 1.94 bits per heavy atom. The van der Waals surface area contributed by atoms with Crippen LogP contribution in [-0.2, 0) is 5.41 Å². The fraction of sp³-hybridized carbons (Fsp3) is 0.286. The van der Waals surface area contributed by atoms with Gasteiger partial charge in [0.25, 0.3) is 0 Å². The van der Waals surface area contributed by atoms with Crippen molar-refractivity contribution in [2.45, 2.75) is 19.3 Å². The summed E-state index contributed by atoms with van der Waals surface area (Å²) < 4.78 is 5.31. The molecule has 0 radical (unpaired) electrons. The van der Waals surface area contributed by atoms with Crippen molar-refractivity contribution in [2.24, 2.45) is 0 Å². The zero-order valence-corrected chi connectivity index (χ0v) is 10.5. The topological polar surface area (TPSA) is 9.23 Å². The second kappa shape index (κ2) is 3.11. The maximum atomic E-state index is 5.31. The number of fused-ring (bicyclic) bond motifs is 3. The zero-order valence-electron chi connectivity index (χ0n) is 9.70. The van der Waals surface area contributed by atoms with Crippen LogP contribution in [0.25, 0.3) is 10.4 Å². The molecule has 0 unspecified atom stereocenters. The Labute approximate surface area is 99.7 Å². The van der Waals surface area contributed by atoms with Crippen LogP contribution in [0, 0.1) is 0 Å². The summed E-state index contributed by atoms with van der Waals surface area (Å²) in [6.45, 7) is 4.56. The van der Waals surface area contributed by atoms with Crippen molar-refractivity contribution in [3.8, 4) is 16.2 Å². The van der Waals surface area contributed by atoms with Crippen molar-refractivity contribution in [3.63, 3.8) is 0 Å². The molecule has 2 aromatic rings. The van der Waals surface area contributed by atoms with Crippen LogP contribution >= 0.6 is 11.3 Å². The highest BCUT2D eigenvalue weighted by molar-refractivity contribution is 7.13. The maximum absolute atomic E-state index is 5.31. The molecular formula is C14H14OS. The van der Waals surface area contributed by atoms with Crippen LogP contribution in [0.15, 0.2) is 29.6 Å². The average Bonchev–Trinajstić information content (AvgIpc) is 2.83. The molecule has 2 heteroatoms. The second-order valence-corrected chi connectivity index (χ2v) is 5.62. The molecule has 1 aromatic heterocycles. The van der Waals surface area contributed by atoms with E-state index in [0.717, 1.165) is 5.75 Å². The molecule has 0 saturated carbocycles. The van der Waals surface area contributed by atoms with Crippen molar-refractivity contribution in [1.29, 1.82) is 0 Å². The van der Waals surface area contributed by atoms with Gasteiger partial charge in [0.05, 0.1) is 7.11 Å². The molecule has 1 aliphatic carbocycles. The standard InChI is InChI=1S/C14H14OS/c1-14(2)11-6-7-16-13(11)10-5-4-9(15-3)8-12(10)14/h4-8H,1-3H3. The molecule has 0 saturated heterocycles. The van der Waals surface area contributed by atoms with E-state index < -0.39 is 0 Å². The SMILES string of the molecule is COc1ccc2c(c1)C(C)(C)c1ccsc1-2. The van der Waals surface area contributed by atoms with Crippen LogP contribution in [0.3, 0.4) is 0 Å². The maximum Gasteiger partial charge on any atom is 0.119 e. The van der Waals surface area contributed by atoms with Crippen LogP contribution in [-0.4, -0.2) is 7.11 Å². The van der Waals surface area contributed by atoms with Gasteiger partial charge in [0.1, 0.15) is 5.75 Å². The average molecular weight is 230 g/mol. The smallest absolute Gasteiger partial charge is 0.119 e. The monoisotopic (exact) mass is 230 g/mol. The van der Waals surface area contributed by atoms with E-state index >= 15 is 0 Å². The van der Waals surface area contributed by atoms with Crippen molar-refractivity contribution in [1.82, 2.24) is 0 Å². The predicted octanol–water partition coefficient (Wildman–Crippen LogP) is 4.06. The summed E-state index contributed by atoms with van der Waals surface area (Å²) in [5, 5.41) is 2.18. The van der Waals surface area contributed by atoms with Gasteiger partial charge in [-0.3, -0.25) is 0 Å². The van der Waals surface area contributed by atoms with E-state index in [1.807, 2.05) is 17.4 Å². The van der Waals surface area contributed by atoms with Gasteiger partial charge in [-0.1, -0.05) is 13.8 Å². The van der Waals surface area contributed by atoms with Gasteiger partial charge >= 0.3 is 0 Å². The second-order valence-electron chi connectivity index (χ2n) is 4.70. The third kappa shape index (κ3) is 1.11. The van der Waals surface area contributed by atoms with Crippen molar-refractivity contribution >= 4 is 11.3 Å². The van der Waals surface area contributed by atoms with Crippen LogP contribution in [0.1, 0.15) is 25.0 Å². The molecule has 1 aliphatic rings. The Kier molecular flexibility index (Phi) is 1.93. The highest BCUT2D eigenvalue weighted by atomic mass is 32.1. The summed E-state index contributed by atoms with van der Waals surface area (Å²) in [4.78, 5) is 1.42. The van der Waals surface area contributed by atoms with E-state index in [4.69, 9.17) is 4.74 Å². The van der Waals surface area contributed by atoms with Gasteiger partial charge in [-0.05, 0) is 46.3 Å². The third-order valence-electron chi connectivity index (χ3n) is 3.48. The Morgan fingerprint density at radius 3 is 2.69 bits per heavy atom. The van der Waals surface area contributed by atoms with Crippen LogP contribution in [0.2, 0.25) is 0 Å². The van der Waals surface area contributed by atoms with Gasteiger partial charge in [-0.25, -0.2) is 0 Å². The fourth-order valence-electron chi connectivity index (χ4n) is 2.52. The summed E-state index contributed by atoms with van der Waals surface area (Å²) in [5.41, 5.74) is 4.31. The predicted molar refractivity (Wildman–Crippen MR) is 68.4 cm³/mol. The highest BCUT2D eigenvalue weighted by Crippen LogP contribution is 2.51. The Morgan fingerprint density at radius 1 is 1.12 bits per heavy atom. The van der Waals surface area contributed by atoms with Crippen LogP contribution in [0.5, 0.6) is 5.75 Å². The quantitative estimate of drug-likeness (QED) is 0.717. The molecule has 0 spiro atoms. The number of methoxy groups -OCH3 is 1. The van der Waals surface area contributed by atoms with Gasteiger partial charge in [0.2, 0.25) is 0 Å². The van der Waals surface area contributed by atoms with Gasteiger partial charge in [0.15, 0.2) is 0 Å². The Hall–Kier alpha value is -1.28. The van der Waals surface area contributed by atoms with E-state index in [0.29, 0.717) is 0 Å². The van der Waals surface area contributed by atoms with Crippen molar-refractivity contribution in [3.05, 3.63) is 40.8 Å². The van der Waals surface area contributed by atoms with Crippen LogP contribution < -0.4 is 4.74 Å². The lowest BCUT2D eigenvalue weighted by Crippen LogP contribution is -2.14. The summed E-state index contributed by atoms with van der Waals surface area (Å²) in [5.74, 6) is 0.946. The fourth-order valence-corrected chi connectivity index (χ4v) is 3.62. The lowest BCUT2D eigenvalue weighted by Gasteiger charge is -2.20. The lowest BCUT2D eigenvalue weighted by atomic mass is 9.83. The molecule has 3 rings (SSSR count). The number of hydrogen-bond donors (Lipinski definition) is 0. The van der Waals surface area contributed by atoms with E-state index in [2.05, 4.69) is 37.4 Å². The van der Waals surface area contributed by atoms with E-state index in [9.17, 15) is 0 Å². The van der Waals surface area contributed by atoms with Crippen molar-refractivity contribution in [2.75, 3.05) is 7.11 Å². The summed E-state index contributed by atoms with van der Waals surface area (Å²) >= 11 is 1.83. The first-order valence-electron chi connectivity index (χ1n) is 5.41. The third-order valence-corrected chi connectivity index (χ3v) is 4.43. The minimum Gasteiger partial charge on any atom is -0.497 e. The lowest BCUT2D eigenvalue weighted by molar-refractivity contribution is 0.413. The number of ether oxygens (including phenoxy) is 1. The van der Waals surface area contributed by atoms with Gasteiger partial charge in [-0.15, -0.1) is 11.3 Å². The Bertz CT molecular complexity index is 552. The first-order valence-corrected chi connectivity index (χ1v) is 6.29. The number of hydrogen-bond acceptors (Lipinski definition) is 2. The molecule has 0 bridgehead atoms. The molecule has 82 valence electrons. The van der Waals surface area contributed by atoms with Gasteiger partial charge in [-0.2, -0.15) is 0 Å². The molecule has 0 aliphatic heterocycles. The largest absolute Gasteiger partial charge is 0.497 e. The minimum absolute atomic E-state index is 0.110. The van der Waals surface area contributed by atoms with Gasteiger partial charge < -0.3 is 4.74 Å². The first-order chi connectivity index (χ1) is 7.64. The molecule has 0 amide bonds. The molecule has 1 aromatic carbocycles. The van der Waals surface area contributed by atoms with Crippen molar-refractivity contribution < 1.29 is 4.74 Å². The van der Waals surface area contributed by atoms with Crippen LogP contribution in [0.4, 0.5) is 0 Å². The molecule has 1 nitrogen and oxygen atoms in total. The number of benzene rings is 1. The molecule has 1 heterocycles. The molecule has 0 fully saturated rings. The molecular weight excluding hydrogens is 216 g/mol. The molecule has 0 N–H and O–H groups in total. The Balaban J connectivity index is 2.30. The highest BCUT2D eigenvalue weighted by Gasteiger charge is 2.36. The summed E-state index contributed by atoms with van der Waals surface area (Å²) in [6.07, 6.45) is 0. The number of rotatable bonds is 1. The minimum atomic E-state index is 0.110. The normalized spacial score (nSPS) is 15.7.